The Balaban J connectivity index is 1.95. The third kappa shape index (κ3) is 4.94. The number of nitrogens with one attached hydrogen (secondary N) is 1. The minimum Gasteiger partial charge on any atom is -0.493 e. The van der Waals surface area contributed by atoms with Crippen LogP contribution in [0.3, 0.4) is 0 Å². The first-order chi connectivity index (χ1) is 14.0. The monoisotopic (exact) mass is 395 g/mol. The summed E-state index contributed by atoms with van der Waals surface area (Å²) >= 11 is 0. The van der Waals surface area contributed by atoms with E-state index in [9.17, 15) is 4.79 Å². The van der Waals surface area contributed by atoms with Crippen LogP contribution in [0.4, 0.5) is 0 Å². The van der Waals surface area contributed by atoms with E-state index in [1.165, 1.54) is 0 Å². The molecule has 0 fully saturated rings. The van der Waals surface area contributed by atoms with Gasteiger partial charge >= 0.3 is 5.97 Å². The van der Waals surface area contributed by atoms with Crippen molar-refractivity contribution < 1.29 is 19.4 Å². The zero-order chi connectivity index (χ0) is 20.8. The molecule has 0 amide bonds. The lowest BCUT2D eigenvalue weighted by Gasteiger charge is -2.11. The van der Waals surface area contributed by atoms with Crippen LogP contribution >= 0.6 is 0 Å². The fourth-order valence-electron chi connectivity index (χ4n) is 3.02. The van der Waals surface area contributed by atoms with E-state index in [-0.39, 0.29) is 0 Å². The van der Waals surface area contributed by atoms with Crippen molar-refractivity contribution in [2.45, 2.75) is 26.1 Å². The number of carboxylic acid groups (broad SMARTS) is 1. The Hall–Kier alpha value is -3.32. The van der Waals surface area contributed by atoms with Crippen molar-refractivity contribution in [2.24, 2.45) is 0 Å². The van der Waals surface area contributed by atoms with E-state index >= 15 is 0 Å². The van der Waals surface area contributed by atoms with Crippen molar-refractivity contribution >= 4 is 5.97 Å². The van der Waals surface area contributed by atoms with Gasteiger partial charge in [0.25, 0.3) is 0 Å². The fourth-order valence-corrected chi connectivity index (χ4v) is 3.02. The summed E-state index contributed by atoms with van der Waals surface area (Å²) in [7, 11) is 3.18. The quantitative estimate of drug-likeness (QED) is 0.579. The molecule has 0 spiro atoms. The number of hydrogen-bond acceptors (Lipinski definition) is 5. The second-order valence-corrected chi connectivity index (χ2v) is 6.70. The number of rotatable bonds is 9. The van der Waals surface area contributed by atoms with E-state index in [0.29, 0.717) is 24.6 Å². The average molecular weight is 395 g/mol. The first-order valence-corrected chi connectivity index (χ1v) is 9.30. The Kier molecular flexibility index (Phi) is 6.51. The highest BCUT2D eigenvalue weighted by Gasteiger charge is 2.16. The van der Waals surface area contributed by atoms with Gasteiger partial charge in [-0.2, -0.15) is 5.10 Å². The van der Waals surface area contributed by atoms with Gasteiger partial charge in [0.2, 0.25) is 0 Å². The van der Waals surface area contributed by atoms with Crippen molar-refractivity contribution in [3.05, 3.63) is 65.9 Å². The molecule has 0 saturated heterocycles. The molecule has 1 heterocycles. The van der Waals surface area contributed by atoms with Crippen LogP contribution in [0, 0.1) is 0 Å². The first kappa shape index (κ1) is 20.4. The third-order valence-electron chi connectivity index (χ3n) is 4.65. The second-order valence-electron chi connectivity index (χ2n) is 6.70. The molecule has 1 aromatic heterocycles. The van der Waals surface area contributed by atoms with Crippen LogP contribution in [-0.2, 0) is 17.9 Å². The van der Waals surface area contributed by atoms with Crippen LogP contribution in [0.1, 0.15) is 18.1 Å². The number of aliphatic carboxylic acids is 1. The molecule has 0 aliphatic heterocycles. The minimum atomic E-state index is -0.894. The van der Waals surface area contributed by atoms with Crippen LogP contribution in [0.15, 0.2) is 54.7 Å². The summed E-state index contributed by atoms with van der Waals surface area (Å²) in [6, 6.07) is 15.0. The number of methoxy groups -OCH3 is 2. The lowest BCUT2D eigenvalue weighted by molar-refractivity contribution is -0.139. The second kappa shape index (κ2) is 9.25. The Labute approximate surface area is 169 Å². The molecule has 3 aromatic rings. The highest BCUT2D eigenvalue weighted by molar-refractivity contribution is 5.73. The highest BCUT2D eigenvalue weighted by atomic mass is 16.5. The minimum absolute atomic E-state index is 0.381. The fraction of sp³-hybridized carbons (Fsp3) is 0.273. The lowest BCUT2D eigenvalue weighted by atomic mass is 10.1. The van der Waals surface area contributed by atoms with Gasteiger partial charge in [0, 0.05) is 23.9 Å². The van der Waals surface area contributed by atoms with Crippen LogP contribution < -0.4 is 14.8 Å². The van der Waals surface area contributed by atoms with Crippen LogP contribution in [0.5, 0.6) is 11.5 Å². The zero-order valence-electron chi connectivity index (χ0n) is 16.8. The topological polar surface area (TPSA) is 85.6 Å². The molecule has 0 aliphatic carbocycles. The van der Waals surface area contributed by atoms with E-state index in [1.807, 2.05) is 59.4 Å². The SMILES string of the molecule is COc1ccc(-c2nn(Cc3ccccc3)cc2CNC(C)C(=O)O)cc1OC. The zero-order valence-corrected chi connectivity index (χ0v) is 16.8. The van der Waals surface area contributed by atoms with Crippen molar-refractivity contribution in [3.63, 3.8) is 0 Å². The van der Waals surface area contributed by atoms with Gasteiger partial charge in [0.15, 0.2) is 11.5 Å². The van der Waals surface area contributed by atoms with E-state index in [0.717, 1.165) is 22.4 Å². The maximum absolute atomic E-state index is 11.2. The molecule has 0 radical (unpaired) electrons. The van der Waals surface area contributed by atoms with Gasteiger partial charge in [-0.25, -0.2) is 0 Å². The Morgan fingerprint density at radius 1 is 1.14 bits per heavy atom. The molecular weight excluding hydrogens is 370 g/mol. The van der Waals surface area contributed by atoms with Gasteiger partial charge in [-0.3, -0.25) is 9.48 Å². The smallest absolute Gasteiger partial charge is 0.320 e. The third-order valence-corrected chi connectivity index (χ3v) is 4.65. The van der Waals surface area contributed by atoms with Gasteiger partial charge < -0.3 is 19.9 Å². The molecule has 1 atom stereocenters. The van der Waals surface area contributed by atoms with Crippen molar-refractivity contribution in [1.82, 2.24) is 15.1 Å². The summed E-state index contributed by atoms with van der Waals surface area (Å²) in [6.07, 6.45) is 1.95. The molecule has 0 bridgehead atoms. The largest absolute Gasteiger partial charge is 0.493 e. The molecule has 152 valence electrons. The number of aromatic nitrogens is 2. The summed E-state index contributed by atoms with van der Waals surface area (Å²) in [5.41, 5.74) is 3.68. The Bertz CT molecular complexity index is 969. The number of ether oxygens (including phenoxy) is 2. The number of carbonyl (C=O) groups is 1. The number of benzene rings is 2. The van der Waals surface area contributed by atoms with Crippen molar-refractivity contribution in [1.29, 1.82) is 0 Å². The molecule has 7 heteroatoms. The van der Waals surface area contributed by atoms with E-state index < -0.39 is 12.0 Å². The molecule has 0 saturated carbocycles. The summed E-state index contributed by atoms with van der Waals surface area (Å²) in [6.45, 7) is 2.62. The predicted molar refractivity (Wildman–Crippen MR) is 110 cm³/mol. The average Bonchev–Trinajstić information content (AvgIpc) is 3.14. The summed E-state index contributed by atoms with van der Waals surface area (Å²) in [5.74, 6) is 0.355. The lowest BCUT2D eigenvalue weighted by Crippen LogP contribution is -2.33. The molecule has 2 N–H and O–H groups in total. The Morgan fingerprint density at radius 3 is 2.52 bits per heavy atom. The maximum atomic E-state index is 11.2. The van der Waals surface area contributed by atoms with E-state index in [1.54, 1.807) is 21.1 Å². The first-order valence-electron chi connectivity index (χ1n) is 9.30. The molecule has 1 unspecified atom stereocenters. The van der Waals surface area contributed by atoms with Crippen molar-refractivity contribution in [3.8, 4) is 22.8 Å². The summed E-state index contributed by atoms with van der Waals surface area (Å²) in [4.78, 5) is 11.2. The Morgan fingerprint density at radius 2 is 1.86 bits per heavy atom. The van der Waals surface area contributed by atoms with Gasteiger partial charge in [0.1, 0.15) is 6.04 Å². The van der Waals surface area contributed by atoms with Gasteiger partial charge in [-0.15, -0.1) is 0 Å². The van der Waals surface area contributed by atoms with Crippen LogP contribution in [0.25, 0.3) is 11.3 Å². The van der Waals surface area contributed by atoms with Crippen LogP contribution in [0.2, 0.25) is 0 Å². The molecule has 7 nitrogen and oxygen atoms in total. The summed E-state index contributed by atoms with van der Waals surface area (Å²) in [5, 5.41) is 16.9. The molecular formula is C22H25N3O4. The predicted octanol–water partition coefficient (Wildman–Crippen LogP) is 3.18. The van der Waals surface area contributed by atoms with E-state index in [2.05, 4.69) is 5.32 Å². The van der Waals surface area contributed by atoms with Crippen molar-refractivity contribution in [2.75, 3.05) is 14.2 Å². The van der Waals surface area contributed by atoms with Gasteiger partial charge in [-0.1, -0.05) is 30.3 Å². The molecule has 3 rings (SSSR count). The van der Waals surface area contributed by atoms with Gasteiger partial charge in [-0.05, 0) is 30.7 Å². The highest BCUT2D eigenvalue weighted by Crippen LogP contribution is 2.33. The van der Waals surface area contributed by atoms with Crippen LogP contribution in [-0.4, -0.2) is 41.1 Å². The number of carboxylic acids is 1. The molecule has 2 aromatic carbocycles. The molecule has 29 heavy (non-hydrogen) atoms. The maximum Gasteiger partial charge on any atom is 0.320 e. The number of nitrogens with zero attached hydrogens (tertiary/aromatic N) is 2. The van der Waals surface area contributed by atoms with E-state index in [4.69, 9.17) is 19.7 Å². The standard InChI is InChI=1S/C22H25N3O4/c1-15(22(26)27)23-12-18-14-25(13-16-7-5-4-6-8-16)24-21(18)17-9-10-19(28-2)20(11-17)29-3/h4-11,14-15,23H,12-13H2,1-3H3,(H,26,27). The summed E-state index contributed by atoms with van der Waals surface area (Å²) < 4.78 is 12.6. The normalized spacial score (nSPS) is 11.8. The number of hydrogen-bond donors (Lipinski definition) is 2. The molecule has 0 aliphatic rings. The van der Waals surface area contributed by atoms with Gasteiger partial charge in [0.05, 0.1) is 26.5 Å².